The van der Waals surface area contributed by atoms with E-state index < -0.39 is 0 Å². The van der Waals surface area contributed by atoms with Crippen LogP contribution >= 0.6 is 0 Å². The number of benzene rings is 1. The summed E-state index contributed by atoms with van der Waals surface area (Å²) in [4.78, 5) is 2.46. The summed E-state index contributed by atoms with van der Waals surface area (Å²) in [5.41, 5.74) is 2.75. The molecule has 2 heteroatoms. The minimum atomic E-state index is 0.463. The molecular formula is C13H19NO. The van der Waals surface area contributed by atoms with Gasteiger partial charge in [-0.15, -0.1) is 0 Å². The van der Waals surface area contributed by atoms with Crippen LogP contribution in [-0.4, -0.2) is 26.3 Å². The van der Waals surface area contributed by atoms with E-state index in [9.17, 15) is 0 Å². The molecule has 1 fully saturated rings. The first-order chi connectivity index (χ1) is 7.31. The molecular weight excluding hydrogens is 186 g/mol. The van der Waals surface area contributed by atoms with Crippen molar-refractivity contribution in [3.05, 3.63) is 29.8 Å². The van der Waals surface area contributed by atoms with Gasteiger partial charge >= 0.3 is 0 Å². The third-order valence-corrected chi connectivity index (χ3v) is 3.23. The van der Waals surface area contributed by atoms with Gasteiger partial charge in [0.1, 0.15) is 0 Å². The van der Waals surface area contributed by atoms with Crippen LogP contribution in [0.25, 0.3) is 0 Å². The summed E-state index contributed by atoms with van der Waals surface area (Å²) >= 11 is 0. The molecule has 0 unspecified atom stereocenters. The van der Waals surface area contributed by atoms with Crippen molar-refractivity contribution in [2.45, 2.75) is 25.9 Å². The zero-order valence-corrected chi connectivity index (χ0v) is 9.57. The Morgan fingerprint density at radius 1 is 1.20 bits per heavy atom. The van der Waals surface area contributed by atoms with Crippen LogP contribution in [0, 0.1) is 6.92 Å². The Bertz CT molecular complexity index is 316. The van der Waals surface area contributed by atoms with E-state index >= 15 is 0 Å². The number of aryl methyl sites for hydroxylation is 1. The number of hydrogen-bond acceptors (Lipinski definition) is 2. The average Bonchev–Trinajstić information content (AvgIpc) is 2.30. The molecule has 0 atom stereocenters. The molecule has 0 amide bonds. The lowest BCUT2D eigenvalue weighted by Crippen LogP contribution is -2.36. The van der Waals surface area contributed by atoms with Crippen molar-refractivity contribution in [1.82, 2.24) is 0 Å². The molecule has 0 saturated carbocycles. The van der Waals surface area contributed by atoms with Crippen LogP contribution in [0.15, 0.2) is 24.3 Å². The second-order valence-electron chi connectivity index (χ2n) is 4.21. The minimum Gasteiger partial charge on any atom is -0.381 e. The van der Waals surface area contributed by atoms with Crippen LogP contribution in [-0.2, 0) is 4.74 Å². The standard InChI is InChI=1S/C13H19NO/c1-11-5-3-4-6-13(11)14-9-7-12(15-2)8-10-14/h3-6,12H,7-10H2,1-2H3. The van der Waals surface area contributed by atoms with E-state index in [0.717, 1.165) is 25.9 Å². The number of piperidine rings is 1. The highest BCUT2D eigenvalue weighted by molar-refractivity contribution is 5.53. The van der Waals surface area contributed by atoms with Crippen molar-refractivity contribution < 1.29 is 4.74 Å². The molecule has 0 radical (unpaired) electrons. The lowest BCUT2D eigenvalue weighted by Gasteiger charge is -2.33. The molecule has 2 nitrogen and oxygen atoms in total. The van der Waals surface area contributed by atoms with Crippen LogP contribution in [0.2, 0.25) is 0 Å². The average molecular weight is 205 g/mol. The highest BCUT2D eigenvalue weighted by atomic mass is 16.5. The van der Waals surface area contributed by atoms with Gasteiger partial charge in [0.15, 0.2) is 0 Å². The summed E-state index contributed by atoms with van der Waals surface area (Å²) in [6.07, 6.45) is 2.75. The first kappa shape index (κ1) is 10.5. The molecule has 0 aromatic heterocycles. The van der Waals surface area contributed by atoms with Gasteiger partial charge in [-0.2, -0.15) is 0 Å². The zero-order chi connectivity index (χ0) is 10.7. The van der Waals surface area contributed by atoms with E-state index in [4.69, 9.17) is 4.74 Å². The molecule has 0 spiro atoms. The Morgan fingerprint density at radius 2 is 1.87 bits per heavy atom. The topological polar surface area (TPSA) is 12.5 Å². The highest BCUT2D eigenvalue weighted by Crippen LogP contribution is 2.23. The largest absolute Gasteiger partial charge is 0.381 e. The predicted molar refractivity (Wildman–Crippen MR) is 63.4 cm³/mol. The molecule has 1 aromatic carbocycles. The lowest BCUT2D eigenvalue weighted by molar-refractivity contribution is 0.0819. The summed E-state index contributed by atoms with van der Waals surface area (Å²) in [6.45, 7) is 4.41. The van der Waals surface area contributed by atoms with Crippen molar-refractivity contribution in [1.29, 1.82) is 0 Å². The third kappa shape index (κ3) is 2.32. The van der Waals surface area contributed by atoms with Gasteiger partial charge in [0.05, 0.1) is 6.10 Å². The number of nitrogens with zero attached hydrogens (tertiary/aromatic N) is 1. The quantitative estimate of drug-likeness (QED) is 0.736. The van der Waals surface area contributed by atoms with Gasteiger partial charge in [-0.25, -0.2) is 0 Å². The Labute approximate surface area is 91.9 Å². The lowest BCUT2D eigenvalue weighted by atomic mass is 10.1. The van der Waals surface area contributed by atoms with E-state index in [0.29, 0.717) is 6.10 Å². The predicted octanol–water partition coefficient (Wildman–Crippen LogP) is 2.61. The number of ether oxygens (including phenoxy) is 1. The van der Waals surface area contributed by atoms with Crippen molar-refractivity contribution >= 4 is 5.69 Å². The zero-order valence-electron chi connectivity index (χ0n) is 9.57. The monoisotopic (exact) mass is 205 g/mol. The Balaban J connectivity index is 2.04. The fourth-order valence-electron chi connectivity index (χ4n) is 2.25. The first-order valence-electron chi connectivity index (χ1n) is 5.64. The van der Waals surface area contributed by atoms with Crippen LogP contribution in [0.5, 0.6) is 0 Å². The molecule has 0 bridgehead atoms. The first-order valence-corrected chi connectivity index (χ1v) is 5.64. The highest BCUT2D eigenvalue weighted by Gasteiger charge is 2.19. The second-order valence-corrected chi connectivity index (χ2v) is 4.21. The number of anilines is 1. The number of rotatable bonds is 2. The number of hydrogen-bond donors (Lipinski definition) is 0. The number of methoxy groups -OCH3 is 1. The molecule has 82 valence electrons. The van der Waals surface area contributed by atoms with Crippen molar-refractivity contribution in [3.63, 3.8) is 0 Å². The summed E-state index contributed by atoms with van der Waals surface area (Å²) in [5, 5.41) is 0. The third-order valence-electron chi connectivity index (χ3n) is 3.23. The molecule has 1 heterocycles. The van der Waals surface area contributed by atoms with Crippen LogP contribution in [0.3, 0.4) is 0 Å². The van der Waals surface area contributed by atoms with Gasteiger partial charge in [0.25, 0.3) is 0 Å². The van der Waals surface area contributed by atoms with E-state index in [2.05, 4.69) is 36.1 Å². The molecule has 0 aliphatic carbocycles. The fraction of sp³-hybridized carbons (Fsp3) is 0.538. The SMILES string of the molecule is COC1CCN(c2ccccc2C)CC1. The maximum Gasteiger partial charge on any atom is 0.0605 e. The molecule has 15 heavy (non-hydrogen) atoms. The fourth-order valence-corrected chi connectivity index (χ4v) is 2.25. The van der Waals surface area contributed by atoms with E-state index in [1.54, 1.807) is 0 Å². The molecule has 1 aliphatic heterocycles. The van der Waals surface area contributed by atoms with E-state index in [1.807, 2.05) is 7.11 Å². The second kappa shape index (κ2) is 4.67. The van der Waals surface area contributed by atoms with E-state index in [1.165, 1.54) is 11.3 Å². The smallest absolute Gasteiger partial charge is 0.0605 e. The van der Waals surface area contributed by atoms with Crippen molar-refractivity contribution in [3.8, 4) is 0 Å². The normalized spacial score (nSPS) is 18.1. The Hall–Kier alpha value is -1.02. The summed E-state index contributed by atoms with van der Waals surface area (Å²) in [5.74, 6) is 0. The van der Waals surface area contributed by atoms with Crippen molar-refractivity contribution in [2.75, 3.05) is 25.1 Å². The summed E-state index contributed by atoms with van der Waals surface area (Å²) in [6, 6.07) is 8.60. The summed E-state index contributed by atoms with van der Waals surface area (Å²) < 4.78 is 5.38. The molecule has 1 aliphatic rings. The maximum atomic E-state index is 5.38. The van der Waals surface area contributed by atoms with Gasteiger partial charge in [0.2, 0.25) is 0 Å². The van der Waals surface area contributed by atoms with E-state index in [-0.39, 0.29) is 0 Å². The van der Waals surface area contributed by atoms with Gasteiger partial charge in [-0.3, -0.25) is 0 Å². The van der Waals surface area contributed by atoms with Gasteiger partial charge in [-0.1, -0.05) is 18.2 Å². The van der Waals surface area contributed by atoms with Gasteiger partial charge < -0.3 is 9.64 Å². The number of para-hydroxylation sites is 1. The van der Waals surface area contributed by atoms with Crippen LogP contribution in [0.1, 0.15) is 18.4 Å². The molecule has 1 aromatic rings. The van der Waals surface area contributed by atoms with Gasteiger partial charge in [-0.05, 0) is 31.4 Å². The Kier molecular flexibility index (Phi) is 3.27. The molecule has 1 saturated heterocycles. The maximum absolute atomic E-state index is 5.38. The van der Waals surface area contributed by atoms with Crippen molar-refractivity contribution in [2.24, 2.45) is 0 Å². The van der Waals surface area contributed by atoms with Gasteiger partial charge in [0, 0.05) is 25.9 Å². The minimum absolute atomic E-state index is 0.463. The van der Waals surface area contributed by atoms with Crippen LogP contribution < -0.4 is 4.90 Å². The Morgan fingerprint density at radius 3 is 2.47 bits per heavy atom. The molecule has 2 rings (SSSR count). The summed E-state index contributed by atoms with van der Waals surface area (Å²) in [7, 11) is 1.81. The molecule has 0 N–H and O–H groups in total. The van der Waals surface area contributed by atoms with Crippen LogP contribution in [0.4, 0.5) is 5.69 Å².